The first-order valence-corrected chi connectivity index (χ1v) is 7.69. The number of rotatable bonds is 3. The molecule has 3 rings (SSSR count). The lowest BCUT2D eigenvalue weighted by Gasteiger charge is -2.47. The van der Waals surface area contributed by atoms with E-state index in [0.717, 1.165) is 30.3 Å². The molecule has 1 aromatic rings. The molecule has 0 spiro atoms. The van der Waals surface area contributed by atoms with Gasteiger partial charge in [-0.25, -0.2) is 4.98 Å². The van der Waals surface area contributed by atoms with E-state index in [0.29, 0.717) is 6.04 Å². The quantitative estimate of drug-likeness (QED) is 0.909. The van der Waals surface area contributed by atoms with Crippen molar-refractivity contribution in [3.05, 3.63) is 11.9 Å². The van der Waals surface area contributed by atoms with Crippen LogP contribution in [0, 0.1) is 6.92 Å². The third-order valence-electron chi connectivity index (χ3n) is 4.91. The van der Waals surface area contributed by atoms with Crippen molar-refractivity contribution in [2.45, 2.75) is 70.6 Å². The second-order valence-corrected chi connectivity index (χ2v) is 6.21. The molecule has 2 aliphatic rings. The van der Waals surface area contributed by atoms with Crippen LogP contribution in [0.3, 0.4) is 0 Å². The minimum absolute atomic E-state index is 0.596. The minimum atomic E-state index is 0.596. The average molecular weight is 262 g/mol. The number of aromatic nitrogens is 2. The highest BCUT2D eigenvalue weighted by Gasteiger charge is 2.36. The number of anilines is 1. The van der Waals surface area contributed by atoms with E-state index in [4.69, 9.17) is 0 Å². The van der Waals surface area contributed by atoms with E-state index in [9.17, 15) is 0 Å². The van der Waals surface area contributed by atoms with Crippen LogP contribution in [-0.2, 0) is 6.54 Å². The summed E-state index contributed by atoms with van der Waals surface area (Å²) in [5.41, 5.74) is 1.11. The maximum absolute atomic E-state index is 4.63. The maximum atomic E-state index is 4.63. The van der Waals surface area contributed by atoms with Crippen LogP contribution < -0.4 is 5.32 Å². The number of hydrogen-bond acceptors (Lipinski definition) is 3. The summed E-state index contributed by atoms with van der Waals surface area (Å²) in [6.45, 7) is 5.24. The Bertz CT molecular complexity index is 425. The van der Waals surface area contributed by atoms with Gasteiger partial charge in [-0.2, -0.15) is 0 Å². The van der Waals surface area contributed by atoms with E-state index in [-0.39, 0.29) is 0 Å². The van der Waals surface area contributed by atoms with Crippen LogP contribution in [0.5, 0.6) is 0 Å². The zero-order chi connectivity index (χ0) is 13.4. The van der Waals surface area contributed by atoms with E-state index in [1.54, 1.807) is 0 Å². The molecule has 4 nitrogen and oxygen atoms in total. The van der Waals surface area contributed by atoms with Crippen LogP contribution in [0.4, 0.5) is 5.95 Å². The summed E-state index contributed by atoms with van der Waals surface area (Å²) in [6.07, 6.45) is 8.82. The van der Waals surface area contributed by atoms with Gasteiger partial charge in [0.2, 0.25) is 5.95 Å². The number of piperidine rings is 2. The molecule has 1 N–H and O–H groups in total. The average Bonchev–Trinajstić information content (AvgIpc) is 2.71. The van der Waals surface area contributed by atoms with E-state index >= 15 is 0 Å². The lowest BCUT2D eigenvalue weighted by atomic mass is 9.82. The minimum Gasteiger partial charge on any atom is -0.353 e. The molecule has 0 aromatic carbocycles. The van der Waals surface area contributed by atoms with Crippen molar-refractivity contribution in [3.8, 4) is 0 Å². The molecule has 3 heterocycles. The van der Waals surface area contributed by atoms with Crippen molar-refractivity contribution in [3.63, 3.8) is 0 Å². The summed E-state index contributed by atoms with van der Waals surface area (Å²) in [6, 6.07) is 2.14. The first-order chi connectivity index (χ1) is 9.17. The zero-order valence-corrected chi connectivity index (χ0v) is 12.4. The van der Waals surface area contributed by atoms with Gasteiger partial charge < -0.3 is 14.8 Å². The lowest BCUT2D eigenvalue weighted by molar-refractivity contribution is 0.0606. The van der Waals surface area contributed by atoms with Crippen LogP contribution in [0.25, 0.3) is 0 Å². The Morgan fingerprint density at radius 1 is 1.32 bits per heavy atom. The molecular weight excluding hydrogens is 236 g/mol. The Balaban J connectivity index is 1.70. The summed E-state index contributed by atoms with van der Waals surface area (Å²) >= 11 is 0. The Hall–Kier alpha value is -1.03. The van der Waals surface area contributed by atoms with E-state index in [1.807, 2.05) is 0 Å². The molecule has 106 valence electrons. The van der Waals surface area contributed by atoms with Crippen molar-refractivity contribution in [1.82, 2.24) is 14.5 Å². The second kappa shape index (κ2) is 5.16. The van der Waals surface area contributed by atoms with Crippen LogP contribution in [0.2, 0.25) is 0 Å². The molecule has 2 saturated heterocycles. The van der Waals surface area contributed by atoms with Crippen LogP contribution in [0.1, 0.15) is 44.7 Å². The predicted molar refractivity (Wildman–Crippen MR) is 78.5 cm³/mol. The van der Waals surface area contributed by atoms with Gasteiger partial charge in [0.05, 0.1) is 5.69 Å². The van der Waals surface area contributed by atoms with Gasteiger partial charge in [0.15, 0.2) is 0 Å². The predicted octanol–water partition coefficient (Wildman–Crippen LogP) is 2.64. The molecule has 2 bridgehead atoms. The number of aryl methyl sites for hydroxylation is 2. The highest BCUT2D eigenvalue weighted by Crippen LogP contribution is 2.33. The van der Waals surface area contributed by atoms with Crippen LogP contribution in [-0.4, -0.2) is 39.6 Å². The Kier molecular flexibility index (Phi) is 3.52. The highest BCUT2D eigenvalue weighted by molar-refractivity contribution is 5.30. The number of fused-ring (bicyclic) bond motifs is 2. The SMILES string of the molecule is CCn1cc(C)nc1NC1CC2CCCC(C1)N2C. The third kappa shape index (κ3) is 2.50. The van der Waals surface area contributed by atoms with Crippen LogP contribution >= 0.6 is 0 Å². The van der Waals surface area contributed by atoms with Gasteiger partial charge in [-0.3, -0.25) is 0 Å². The van der Waals surface area contributed by atoms with Gasteiger partial charge in [-0.1, -0.05) is 6.42 Å². The van der Waals surface area contributed by atoms with Crippen molar-refractivity contribution in [1.29, 1.82) is 0 Å². The molecular formula is C15H26N4. The van der Waals surface area contributed by atoms with Gasteiger partial charge in [0.25, 0.3) is 0 Å². The van der Waals surface area contributed by atoms with Crippen LogP contribution in [0.15, 0.2) is 6.20 Å². The normalized spacial score (nSPS) is 31.4. The topological polar surface area (TPSA) is 33.1 Å². The molecule has 0 amide bonds. The summed E-state index contributed by atoms with van der Waals surface area (Å²) < 4.78 is 2.23. The van der Waals surface area contributed by atoms with Gasteiger partial charge in [0, 0.05) is 30.9 Å². The Morgan fingerprint density at radius 2 is 2.00 bits per heavy atom. The standard InChI is InChI=1S/C15H26N4/c1-4-19-10-11(2)16-15(19)17-12-8-13-6-5-7-14(9-12)18(13)3/h10,12-14H,4-9H2,1-3H3,(H,16,17). The molecule has 2 atom stereocenters. The highest BCUT2D eigenvalue weighted by atomic mass is 15.2. The monoisotopic (exact) mass is 262 g/mol. The Labute approximate surface area is 116 Å². The molecule has 2 unspecified atom stereocenters. The molecule has 0 saturated carbocycles. The summed E-state index contributed by atoms with van der Waals surface area (Å²) in [7, 11) is 2.31. The van der Waals surface area contributed by atoms with Gasteiger partial charge >= 0.3 is 0 Å². The molecule has 4 heteroatoms. The number of nitrogens with one attached hydrogen (secondary N) is 1. The van der Waals surface area contributed by atoms with Crippen molar-refractivity contribution in [2.24, 2.45) is 0 Å². The molecule has 1 aromatic heterocycles. The molecule has 2 aliphatic heterocycles. The fourth-order valence-corrected chi connectivity index (χ4v) is 3.82. The van der Waals surface area contributed by atoms with Crippen molar-refractivity contribution >= 4 is 5.95 Å². The van der Waals surface area contributed by atoms with Crippen molar-refractivity contribution in [2.75, 3.05) is 12.4 Å². The number of hydrogen-bond donors (Lipinski definition) is 1. The first kappa shape index (κ1) is 13.0. The second-order valence-electron chi connectivity index (χ2n) is 6.21. The largest absolute Gasteiger partial charge is 0.353 e. The number of imidazole rings is 1. The Morgan fingerprint density at radius 3 is 2.63 bits per heavy atom. The summed E-state index contributed by atoms with van der Waals surface area (Å²) in [4.78, 5) is 7.24. The molecule has 2 fully saturated rings. The van der Waals surface area contributed by atoms with E-state index in [2.05, 4.69) is 46.9 Å². The zero-order valence-electron chi connectivity index (χ0n) is 12.4. The smallest absolute Gasteiger partial charge is 0.203 e. The molecule has 0 radical (unpaired) electrons. The molecule has 0 aliphatic carbocycles. The molecule has 19 heavy (non-hydrogen) atoms. The summed E-state index contributed by atoms with van der Waals surface area (Å²) in [5, 5.41) is 3.70. The summed E-state index contributed by atoms with van der Waals surface area (Å²) in [5.74, 6) is 1.06. The van der Waals surface area contributed by atoms with E-state index in [1.165, 1.54) is 32.1 Å². The fraction of sp³-hybridized carbons (Fsp3) is 0.800. The lowest BCUT2D eigenvalue weighted by Crippen LogP contribution is -2.53. The van der Waals surface area contributed by atoms with Gasteiger partial charge in [-0.05, 0) is 46.6 Å². The van der Waals surface area contributed by atoms with E-state index < -0.39 is 0 Å². The van der Waals surface area contributed by atoms with Gasteiger partial charge in [0.1, 0.15) is 0 Å². The van der Waals surface area contributed by atoms with Gasteiger partial charge in [-0.15, -0.1) is 0 Å². The fourth-order valence-electron chi connectivity index (χ4n) is 3.82. The maximum Gasteiger partial charge on any atom is 0.203 e. The number of nitrogens with zero attached hydrogens (tertiary/aromatic N) is 3. The van der Waals surface area contributed by atoms with Crippen molar-refractivity contribution < 1.29 is 0 Å². The first-order valence-electron chi connectivity index (χ1n) is 7.69. The third-order valence-corrected chi connectivity index (χ3v) is 4.91.